The van der Waals surface area contributed by atoms with Crippen LogP contribution in [0.15, 0.2) is 0 Å². The Kier molecular flexibility index (Phi) is 5.49. The number of nitrogens with one attached hydrogen (secondary N) is 1. The van der Waals surface area contributed by atoms with Crippen LogP contribution in [0.3, 0.4) is 0 Å². The van der Waals surface area contributed by atoms with Crippen LogP contribution in [-0.2, 0) is 17.7 Å². The highest BCUT2D eigenvalue weighted by molar-refractivity contribution is 5.24. The van der Waals surface area contributed by atoms with E-state index in [1.165, 1.54) is 11.3 Å². The van der Waals surface area contributed by atoms with Crippen molar-refractivity contribution in [2.75, 3.05) is 27.3 Å². The summed E-state index contributed by atoms with van der Waals surface area (Å²) in [6, 6.07) is 0. The summed E-state index contributed by atoms with van der Waals surface area (Å²) in [5.74, 6) is 0. The van der Waals surface area contributed by atoms with Crippen molar-refractivity contribution in [1.82, 2.24) is 15.1 Å². The molecule has 1 N–H and O–H groups in total. The van der Waals surface area contributed by atoms with E-state index < -0.39 is 0 Å². The smallest absolute Gasteiger partial charge is 0.0628 e. The SMILES string of the molecule is CNCCc1c(C)nn(CCCOC)c1C. The monoisotopic (exact) mass is 225 g/mol. The Morgan fingerprint density at radius 3 is 2.75 bits per heavy atom. The van der Waals surface area contributed by atoms with Gasteiger partial charge in [0.05, 0.1) is 5.69 Å². The van der Waals surface area contributed by atoms with E-state index in [0.717, 1.165) is 38.2 Å². The highest BCUT2D eigenvalue weighted by Gasteiger charge is 2.10. The van der Waals surface area contributed by atoms with Gasteiger partial charge in [-0.3, -0.25) is 4.68 Å². The third-order valence-corrected chi connectivity index (χ3v) is 2.87. The average Bonchev–Trinajstić information content (AvgIpc) is 2.53. The number of hydrogen-bond acceptors (Lipinski definition) is 3. The molecule has 1 aromatic rings. The molecule has 0 aliphatic carbocycles. The van der Waals surface area contributed by atoms with E-state index in [2.05, 4.69) is 28.9 Å². The normalized spacial score (nSPS) is 11.0. The number of nitrogens with zero attached hydrogens (tertiary/aromatic N) is 2. The molecule has 92 valence electrons. The molecule has 0 saturated heterocycles. The first-order valence-electron chi connectivity index (χ1n) is 5.87. The van der Waals surface area contributed by atoms with Gasteiger partial charge >= 0.3 is 0 Å². The van der Waals surface area contributed by atoms with Gasteiger partial charge in [-0.05, 0) is 45.8 Å². The van der Waals surface area contributed by atoms with Crippen molar-refractivity contribution in [3.8, 4) is 0 Å². The van der Waals surface area contributed by atoms with E-state index in [-0.39, 0.29) is 0 Å². The lowest BCUT2D eigenvalue weighted by Gasteiger charge is -2.05. The van der Waals surface area contributed by atoms with Crippen LogP contribution < -0.4 is 5.32 Å². The quantitative estimate of drug-likeness (QED) is 0.711. The maximum absolute atomic E-state index is 5.05. The number of ether oxygens (including phenoxy) is 1. The van der Waals surface area contributed by atoms with Crippen LogP contribution in [-0.4, -0.2) is 37.1 Å². The van der Waals surface area contributed by atoms with E-state index in [1.807, 2.05) is 7.05 Å². The number of aryl methyl sites for hydroxylation is 2. The fourth-order valence-corrected chi connectivity index (χ4v) is 1.92. The molecule has 0 spiro atoms. The summed E-state index contributed by atoms with van der Waals surface area (Å²) in [5, 5.41) is 7.74. The van der Waals surface area contributed by atoms with Gasteiger partial charge in [0.25, 0.3) is 0 Å². The topological polar surface area (TPSA) is 39.1 Å². The molecule has 0 unspecified atom stereocenters. The predicted octanol–water partition coefficient (Wildman–Crippen LogP) is 1.30. The van der Waals surface area contributed by atoms with Crippen molar-refractivity contribution in [2.45, 2.75) is 33.2 Å². The van der Waals surface area contributed by atoms with Gasteiger partial charge in [0.1, 0.15) is 0 Å². The highest BCUT2D eigenvalue weighted by atomic mass is 16.5. The lowest BCUT2D eigenvalue weighted by Crippen LogP contribution is -2.11. The van der Waals surface area contributed by atoms with Gasteiger partial charge in [0.15, 0.2) is 0 Å². The number of rotatable bonds is 7. The maximum Gasteiger partial charge on any atom is 0.0628 e. The average molecular weight is 225 g/mol. The van der Waals surface area contributed by atoms with Crippen LogP contribution in [0, 0.1) is 13.8 Å². The molecule has 4 heteroatoms. The number of methoxy groups -OCH3 is 1. The standard InChI is InChI=1S/C12H23N3O/c1-10-12(6-7-13-3)11(2)15(14-10)8-5-9-16-4/h13H,5-9H2,1-4H3. The summed E-state index contributed by atoms with van der Waals surface area (Å²) >= 11 is 0. The summed E-state index contributed by atoms with van der Waals surface area (Å²) in [4.78, 5) is 0. The van der Waals surface area contributed by atoms with Gasteiger partial charge in [0, 0.05) is 26.0 Å². The van der Waals surface area contributed by atoms with E-state index in [4.69, 9.17) is 4.74 Å². The zero-order valence-electron chi connectivity index (χ0n) is 10.8. The van der Waals surface area contributed by atoms with Gasteiger partial charge in [-0.1, -0.05) is 0 Å². The molecule has 0 amide bonds. The fraction of sp³-hybridized carbons (Fsp3) is 0.750. The molecule has 1 rings (SSSR count). The molecule has 1 heterocycles. The third-order valence-electron chi connectivity index (χ3n) is 2.87. The maximum atomic E-state index is 5.05. The molecule has 1 aromatic heterocycles. The molecule has 0 aromatic carbocycles. The highest BCUT2D eigenvalue weighted by Crippen LogP contribution is 2.13. The lowest BCUT2D eigenvalue weighted by molar-refractivity contribution is 0.188. The largest absolute Gasteiger partial charge is 0.385 e. The summed E-state index contributed by atoms with van der Waals surface area (Å²) in [6.45, 7) is 6.98. The summed E-state index contributed by atoms with van der Waals surface area (Å²) in [5.41, 5.74) is 3.83. The summed E-state index contributed by atoms with van der Waals surface area (Å²) in [6.07, 6.45) is 2.07. The van der Waals surface area contributed by atoms with Crippen molar-refractivity contribution in [2.24, 2.45) is 0 Å². The number of hydrogen-bond donors (Lipinski definition) is 1. The van der Waals surface area contributed by atoms with E-state index in [0.29, 0.717) is 0 Å². The second-order valence-electron chi connectivity index (χ2n) is 4.07. The fourth-order valence-electron chi connectivity index (χ4n) is 1.92. The van der Waals surface area contributed by atoms with Crippen LogP contribution in [0.25, 0.3) is 0 Å². The van der Waals surface area contributed by atoms with Crippen molar-refractivity contribution >= 4 is 0 Å². The molecule has 16 heavy (non-hydrogen) atoms. The van der Waals surface area contributed by atoms with Crippen LogP contribution >= 0.6 is 0 Å². The molecule has 4 nitrogen and oxygen atoms in total. The first-order valence-corrected chi connectivity index (χ1v) is 5.87. The van der Waals surface area contributed by atoms with Crippen LogP contribution in [0.2, 0.25) is 0 Å². The van der Waals surface area contributed by atoms with Gasteiger partial charge in [-0.15, -0.1) is 0 Å². The van der Waals surface area contributed by atoms with E-state index in [9.17, 15) is 0 Å². The van der Waals surface area contributed by atoms with Gasteiger partial charge in [-0.2, -0.15) is 5.10 Å². The summed E-state index contributed by atoms with van der Waals surface area (Å²) < 4.78 is 7.15. The summed E-state index contributed by atoms with van der Waals surface area (Å²) in [7, 11) is 3.72. The van der Waals surface area contributed by atoms with Gasteiger partial charge < -0.3 is 10.1 Å². The Morgan fingerprint density at radius 1 is 1.38 bits per heavy atom. The molecule has 0 aliphatic rings. The zero-order chi connectivity index (χ0) is 12.0. The molecular weight excluding hydrogens is 202 g/mol. The molecule has 0 atom stereocenters. The first kappa shape index (κ1) is 13.2. The van der Waals surface area contributed by atoms with Crippen molar-refractivity contribution in [3.05, 3.63) is 17.0 Å². The first-order chi connectivity index (χ1) is 7.70. The minimum absolute atomic E-state index is 0.796. The molecular formula is C12H23N3O. The Labute approximate surface area is 98.0 Å². The molecule has 0 fully saturated rings. The van der Waals surface area contributed by atoms with E-state index in [1.54, 1.807) is 7.11 Å². The second-order valence-corrected chi connectivity index (χ2v) is 4.07. The van der Waals surface area contributed by atoms with Crippen molar-refractivity contribution < 1.29 is 4.74 Å². The van der Waals surface area contributed by atoms with Gasteiger partial charge in [-0.25, -0.2) is 0 Å². The third kappa shape index (κ3) is 3.32. The predicted molar refractivity (Wildman–Crippen MR) is 65.8 cm³/mol. The lowest BCUT2D eigenvalue weighted by atomic mass is 10.1. The van der Waals surface area contributed by atoms with E-state index >= 15 is 0 Å². The van der Waals surface area contributed by atoms with Gasteiger partial charge in [0.2, 0.25) is 0 Å². The minimum Gasteiger partial charge on any atom is -0.385 e. The molecule has 0 radical (unpaired) electrons. The molecule has 0 saturated carbocycles. The molecule has 0 aliphatic heterocycles. The Morgan fingerprint density at radius 2 is 2.12 bits per heavy atom. The Bertz CT molecular complexity index is 320. The van der Waals surface area contributed by atoms with Crippen molar-refractivity contribution in [3.63, 3.8) is 0 Å². The Hall–Kier alpha value is -0.870. The molecule has 0 bridgehead atoms. The van der Waals surface area contributed by atoms with Crippen LogP contribution in [0.5, 0.6) is 0 Å². The van der Waals surface area contributed by atoms with Crippen LogP contribution in [0.4, 0.5) is 0 Å². The second kappa shape index (κ2) is 6.66. The van der Waals surface area contributed by atoms with Crippen LogP contribution in [0.1, 0.15) is 23.4 Å². The Balaban J connectivity index is 2.64. The van der Waals surface area contributed by atoms with Crippen molar-refractivity contribution in [1.29, 1.82) is 0 Å². The number of likely N-dealkylation sites (N-methyl/N-ethyl adjacent to an activating group) is 1. The minimum atomic E-state index is 0.796. The zero-order valence-corrected chi connectivity index (χ0v) is 10.8. The number of aromatic nitrogens is 2.